The monoisotopic (exact) mass is 206 g/mol. The summed E-state index contributed by atoms with van der Waals surface area (Å²) in [5.74, 6) is 0. The highest BCUT2D eigenvalue weighted by Gasteiger charge is 2.22. The highest BCUT2D eigenvalue weighted by Crippen LogP contribution is 2.14. The Morgan fingerprint density at radius 1 is 1.79 bits per heavy atom. The van der Waals surface area contributed by atoms with Crippen LogP contribution in [0.2, 0.25) is 0 Å². The summed E-state index contributed by atoms with van der Waals surface area (Å²) in [5, 5.41) is 3.63. The summed E-state index contributed by atoms with van der Waals surface area (Å²) in [7, 11) is 0. The molecular weight excluding hydrogens is 184 g/mol. The van der Waals surface area contributed by atoms with Crippen molar-refractivity contribution >= 4 is 6.09 Å². The van der Waals surface area contributed by atoms with Gasteiger partial charge in [-0.15, -0.1) is 0 Å². The van der Waals surface area contributed by atoms with Crippen molar-refractivity contribution in [1.82, 2.24) is 4.90 Å². The molecule has 82 valence electrons. The summed E-state index contributed by atoms with van der Waals surface area (Å²) in [6.45, 7) is 3.41. The van der Waals surface area contributed by atoms with Gasteiger partial charge in [-0.3, -0.25) is 0 Å². The van der Waals surface area contributed by atoms with Crippen molar-refractivity contribution in [2.24, 2.45) is 5.11 Å². The molecule has 0 spiro atoms. The van der Waals surface area contributed by atoms with E-state index in [-0.39, 0.29) is 12.1 Å². The molecule has 1 fully saturated rings. The predicted molar refractivity (Wildman–Crippen MR) is 55.0 cm³/mol. The summed E-state index contributed by atoms with van der Waals surface area (Å²) >= 11 is 0. The number of hydrogen-bond donors (Lipinski definition) is 0. The Morgan fingerprint density at radius 2 is 2.43 bits per heavy atom. The molecule has 0 aromatic rings. The minimum absolute atomic E-state index is 0.0330. The van der Waals surface area contributed by atoms with Crippen molar-refractivity contribution in [3.8, 4) is 0 Å². The lowest BCUT2D eigenvalue weighted by Gasteiger charge is -2.28. The van der Waals surface area contributed by atoms with Gasteiger partial charge in [-0.2, -0.15) is 0 Å². The maximum atomic E-state index is 11.3. The van der Waals surface area contributed by atoms with Gasteiger partial charge in [-0.25, -0.2) is 4.79 Å². The molecule has 0 unspecified atom stereocenters. The molecular formula is C8H18N4O2. The molecule has 1 amide bonds. The number of amides is 1. The van der Waals surface area contributed by atoms with Gasteiger partial charge >= 0.3 is 6.09 Å². The standard InChI is InChI=1S/C8H14N4O2.2H2/c1-2-14-8(13)12-5-3-7(4-6-12)10-11-9;;/h7H,2-6H2,1H3;2*1H/i;2*1+1D. The lowest BCUT2D eigenvalue weighted by atomic mass is 10.1. The summed E-state index contributed by atoms with van der Waals surface area (Å²) in [5.41, 5.74) is 8.23. The number of rotatable bonds is 2. The van der Waals surface area contributed by atoms with E-state index in [0.29, 0.717) is 19.7 Å². The minimum Gasteiger partial charge on any atom is -0.450 e. The number of likely N-dealkylation sites (tertiary alicyclic amines) is 1. The molecule has 14 heavy (non-hydrogen) atoms. The van der Waals surface area contributed by atoms with Crippen molar-refractivity contribution in [2.75, 3.05) is 19.7 Å². The molecule has 0 radical (unpaired) electrons. The maximum absolute atomic E-state index is 11.3. The lowest BCUT2D eigenvalue weighted by molar-refractivity contribution is 0.0974. The van der Waals surface area contributed by atoms with Crippen molar-refractivity contribution in [3.05, 3.63) is 10.4 Å². The third kappa shape index (κ3) is 2.81. The van der Waals surface area contributed by atoms with Crippen LogP contribution < -0.4 is 0 Å². The second-order valence-electron chi connectivity index (χ2n) is 3.12. The number of hydrogen-bond acceptors (Lipinski definition) is 3. The fourth-order valence-electron chi connectivity index (χ4n) is 1.45. The first kappa shape index (κ1) is 7.94. The Bertz CT molecular complexity index is 255. The zero-order valence-corrected chi connectivity index (χ0v) is 8.22. The average Bonchev–Trinajstić information content (AvgIpc) is 2.45. The first-order valence-electron chi connectivity index (χ1n) is 6.73. The van der Waals surface area contributed by atoms with E-state index in [9.17, 15) is 4.79 Å². The molecule has 0 aromatic heterocycles. The Hall–Kier alpha value is -1.42. The van der Waals surface area contributed by atoms with Gasteiger partial charge in [-0.05, 0) is 25.3 Å². The summed E-state index contributed by atoms with van der Waals surface area (Å²) < 4.78 is 24.9. The van der Waals surface area contributed by atoms with Crippen LogP contribution in [0.1, 0.15) is 25.7 Å². The van der Waals surface area contributed by atoms with E-state index in [1.807, 2.05) is 0 Å². The molecule has 1 heterocycles. The van der Waals surface area contributed by atoms with Gasteiger partial charge in [0, 0.05) is 30.0 Å². The van der Waals surface area contributed by atoms with Crippen LogP contribution >= 0.6 is 0 Å². The number of azide groups is 1. The zero-order valence-electron chi connectivity index (χ0n) is 12.2. The van der Waals surface area contributed by atoms with Crippen LogP contribution in [0.15, 0.2) is 5.11 Å². The minimum atomic E-state index is -0.271. The number of carbonyl (C=O) groups excluding carboxylic acids is 1. The van der Waals surface area contributed by atoms with Gasteiger partial charge in [0.1, 0.15) is 0 Å². The van der Waals surface area contributed by atoms with E-state index in [4.69, 9.17) is 16.2 Å². The topological polar surface area (TPSA) is 78.3 Å². The van der Waals surface area contributed by atoms with Crippen LogP contribution in [-0.2, 0) is 4.74 Å². The van der Waals surface area contributed by atoms with Crippen molar-refractivity contribution in [2.45, 2.75) is 25.8 Å². The lowest BCUT2D eigenvalue weighted by Crippen LogP contribution is -2.39. The van der Waals surface area contributed by atoms with Crippen molar-refractivity contribution in [1.29, 1.82) is 0 Å². The molecule has 0 aliphatic carbocycles. The molecule has 1 aliphatic rings. The fraction of sp³-hybridized carbons (Fsp3) is 0.875. The first-order valence-corrected chi connectivity index (χ1v) is 4.73. The summed E-state index contributed by atoms with van der Waals surface area (Å²) in [4.78, 5) is 15.7. The number of carbonyl (C=O) groups is 1. The van der Waals surface area contributed by atoms with Crippen molar-refractivity contribution < 1.29 is 15.5 Å². The third-order valence-corrected chi connectivity index (χ3v) is 2.21. The average molecular weight is 206 g/mol. The molecule has 1 aliphatic heterocycles. The van der Waals surface area contributed by atoms with Crippen LogP contribution in [-0.4, -0.2) is 36.7 Å². The van der Waals surface area contributed by atoms with Crippen molar-refractivity contribution in [3.63, 3.8) is 0 Å². The largest absolute Gasteiger partial charge is 0.450 e. The Labute approximate surface area is 88.6 Å². The van der Waals surface area contributed by atoms with Crippen LogP contribution in [0, 0.1) is 0 Å². The van der Waals surface area contributed by atoms with Crippen LogP contribution in [0.25, 0.3) is 10.4 Å². The Balaban J connectivity index is 0. The van der Waals surface area contributed by atoms with Crippen LogP contribution in [0.4, 0.5) is 4.79 Å². The van der Waals surface area contributed by atoms with E-state index >= 15 is 0 Å². The quantitative estimate of drug-likeness (QED) is 0.395. The second kappa shape index (κ2) is 5.34. The van der Waals surface area contributed by atoms with Gasteiger partial charge in [0.2, 0.25) is 0 Å². The van der Waals surface area contributed by atoms with Gasteiger partial charge in [-0.1, -0.05) is 5.11 Å². The molecule has 1 saturated heterocycles. The molecule has 6 nitrogen and oxygen atoms in total. The SMILES string of the molecule is CCOC(=O)N1CCC(N=[N+]=[N-])CC1.[2H][2H].[2H][2H]. The first-order chi connectivity index (χ1) is 8.77. The van der Waals surface area contributed by atoms with Gasteiger partial charge in [0.15, 0.2) is 0 Å². The molecule has 0 atom stereocenters. The predicted octanol–water partition coefficient (Wildman–Crippen LogP) is 2.41. The summed E-state index contributed by atoms with van der Waals surface area (Å²) in [6.07, 6.45) is 1.18. The van der Waals surface area contributed by atoms with E-state index in [0.717, 1.165) is 12.8 Å². The highest BCUT2D eigenvalue weighted by molar-refractivity contribution is 5.67. The maximum Gasteiger partial charge on any atom is 0.409 e. The molecule has 1 rings (SSSR count). The smallest absolute Gasteiger partial charge is 0.409 e. The number of piperidine rings is 1. The molecule has 0 N–H and O–H groups in total. The third-order valence-electron chi connectivity index (χ3n) is 2.21. The fourth-order valence-corrected chi connectivity index (χ4v) is 1.45. The Kier molecular flexibility index (Phi) is 3.03. The number of ether oxygens (including phenoxy) is 1. The number of nitrogens with zero attached hydrogens (tertiary/aromatic N) is 4. The second-order valence-corrected chi connectivity index (χ2v) is 3.12. The van der Waals surface area contributed by atoms with E-state index in [1.54, 1.807) is 11.8 Å². The highest BCUT2D eigenvalue weighted by atomic mass is 16.6. The molecule has 0 bridgehead atoms. The molecule has 0 aromatic carbocycles. The van der Waals surface area contributed by atoms with Crippen LogP contribution in [0.3, 0.4) is 0 Å². The van der Waals surface area contributed by atoms with Gasteiger partial charge < -0.3 is 9.64 Å². The van der Waals surface area contributed by atoms with E-state index < -0.39 is 0 Å². The van der Waals surface area contributed by atoms with Crippen LogP contribution in [0.5, 0.6) is 0 Å². The van der Waals surface area contributed by atoms with Gasteiger partial charge in [0.25, 0.3) is 0 Å². The molecule has 6 heteroatoms. The Morgan fingerprint density at radius 3 is 2.93 bits per heavy atom. The normalized spacial score (nSPS) is 18.5. The van der Waals surface area contributed by atoms with E-state index in [2.05, 4.69) is 10.0 Å². The zero-order chi connectivity index (χ0) is 14.4. The van der Waals surface area contributed by atoms with Gasteiger partial charge in [0.05, 0.1) is 6.61 Å². The molecule has 0 saturated carbocycles. The van der Waals surface area contributed by atoms with E-state index in [1.165, 1.54) is 0 Å². The summed E-state index contributed by atoms with van der Waals surface area (Å²) in [6, 6.07) is 0.0330.